The van der Waals surface area contributed by atoms with Crippen molar-refractivity contribution in [2.75, 3.05) is 6.54 Å². The van der Waals surface area contributed by atoms with E-state index in [1.54, 1.807) is 0 Å². The van der Waals surface area contributed by atoms with E-state index < -0.39 is 0 Å². The second kappa shape index (κ2) is 2.86. The van der Waals surface area contributed by atoms with Crippen molar-refractivity contribution >= 4 is 0 Å². The Balaban J connectivity index is 2.38. The molecule has 0 saturated heterocycles. The average molecular weight is 166 g/mol. The van der Waals surface area contributed by atoms with Crippen molar-refractivity contribution in [3.8, 4) is 0 Å². The number of hydrogen-bond acceptors (Lipinski definition) is 3. The molecule has 2 N–H and O–H groups in total. The minimum atomic E-state index is 0.431. The highest BCUT2D eigenvalue weighted by molar-refractivity contribution is 5.04. The van der Waals surface area contributed by atoms with E-state index in [9.17, 15) is 0 Å². The second-order valence-corrected chi connectivity index (χ2v) is 3.33. The number of aryl methyl sites for hydroxylation is 1. The fraction of sp³-hybridized carbons (Fsp3) is 0.750. The molecule has 4 nitrogen and oxygen atoms in total. The molecule has 1 unspecified atom stereocenters. The van der Waals surface area contributed by atoms with Crippen molar-refractivity contribution < 1.29 is 0 Å². The number of aromatic nitrogens is 3. The summed E-state index contributed by atoms with van der Waals surface area (Å²) >= 11 is 0. The van der Waals surface area contributed by atoms with Crippen molar-refractivity contribution in [3.05, 3.63) is 11.6 Å². The van der Waals surface area contributed by atoms with Crippen LogP contribution in [-0.4, -0.2) is 21.3 Å². The Morgan fingerprint density at radius 3 is 3.17 bits per heavy atom. The highest BCUT2D eigenvalue weighted by Gasteiger charge is 2.22. The van der Waals surface area contributed by atoms with Crippen molar-refractivity contribution in [3.63, 3.8) is 0 Å². The number of hydrogen-bond donors (Lipinski definition) is 1. The first kappa shape index (κ1) is 7.73. The Morgan fingerprint density at radius 2 is 2.42 bits per heavy atom. The van der Waals surface area contributed by atoms with E-state index in [2.05, 4.69) is 14.8 Å². The third-order valence-corrected chi connectivity index (χ3v) is 2.55. The Kier molecular flexibility index (Phi) is 1.84. The lowest BCUT2D eigenvalue weighted by Gasteiger charge is -2.21. The van der Waals surface area contributed by atoms with Crippen LogP contribution in [0.2, 0.25) is 0 Å². The van der Waals surface area contributed by atoms with E-state index in [-0.39, 0.29) is 0 Å². The SMILES string of the molecule is Cc1nnc2n1CCCC2CN. The van der Waals surface area contributed by atoms with E-state index in [1.807, 2.05) is 6.92 Å². The van der Waals surface area contributed by atoms with Crippen LogP contribution in [0.25, 0.3) is 0 Å². The molecule has 0 aromatic carbocycles. The first-order valence-corrected chi connectivity index (χ1v) is 4.42. The van der Waals surface area contributed by atoms with E-state index in [0.29, 0.717) is 12.5 Å². The van der Waals surface area contributed by atoms with E-state index in [4.69, 9.17) is 5.73 Å². The summed E-state index contributed by atoms with van der Waals surface area (Å²) in [6.07, 6.45) is 2.36. The summed E-state index contributed by atoms with van der Waals surface area (Å²) in [5.41, 5.74) is 5.65. The van der Waals surface area contributed by atoms with Crippen LogP contribution in [0.3, 0.4) is 0 Å². The lowest BCUT2D eigenvalue weighted by atomic mass is 9.99. The molecule has 0 spiro atoms. The molecule has 0 radical (unpaired) electrons. The van der Waals surface area contributed by atoms with Crippen LogP contribution in [0.1, 0.15) is 30.4 Å². The van der Waals surface area contributed by atoms with E-state index in [0.717, 1.165) is 24.6 Å². The van der Waals surface area contributed by atoms with Crippen LogP contribution >= 0.6 is 0 Å². The maximum absolute atomic E-state index is 5.65. The van der Waals surface area contributed by atoms with Crippen LogP contribution in [0.4, 0.5) is 0 Å². The standard InChI is InChI=1S/C8H14N4/c1-6-10-11-8-7(5-9)3-2-4-12(6)8/h7H,2-5,9H2,1H3. The molecule has 2 heterocycles. The third-order valence-electron chi connectivity index (χ3n) is 2.55. The molecule has 1 aliphatic heterocycles. The molecule has 0 saturated carbocycles. The lowest BCUT2D eigenvalue weighted by molar-refractivity contribution is 0.443. The summed E-state index contributed by atoms with van der Waals surface area (Å²) in [4.78, 5) is 0. The van der Waals surface area contributed by atoms with Crippen molar-refractivity contribution in [2.45, 2.75) is 32.2 Å². The summed E-state index contributed by atoms with van der Waals surface area (Å²) in [5, 5.41) is 8.20. The smallest absolute Gasteiger partial charge is 0.137 e. The Labute approximate surface area is 71.8 Å². The van der Waals surface area contributed by atoms with Gasteiger partial charge in [-0.3, -0.25) is 0 Å². The second-order valence-electron chi connectivity index (χ2n) is 3.33. The van der Waals surface area contributed by atoms with Gasteiger partial charge in [0.05, 0.1) is 0 Å². The zero-order valence-corrected chi connectivity index (χ0v) is 7.32. The molecule has 1 atom stereocenters. The predicted octanol–water partition coefficient (Wildman–Crippen LogP) is 0.423. The van der Waals surface area contributed by atoms with E-state index in [1.165, 1.54) is 6.42 Å². The maximum Gasteiger partial charge on any atom is 0.137 e. The van der Waals surface area contributed by atoms with Crippen LogP contribution in [0.5, 0.6) is 0 Å². The van der Waals surface area contributed by atoms with Gasteiger partial charge in [0.25, 0.3) is 0 Å². The first-order valence-electron chi connectivity index (χ1n) is 4.42. The maximum atomic E-state index is 5.65. The van der Waals surface area contributed by atoms with Crippen molar-refractivity contribution in [2.24, 2.45) is 5.73 Å². The minimum absolute atomic E-state index is 0.431. The van der Waals surface area contributed by atoms with Gasteiger partial charge < -0.3 is 10.3 Å². The molecule has 1 aliphatic rings. The first-order chi connectivity index (χ1) is 5.83. The minimum Gasteiger partial charge on any atom is -0.330 e. The lowest BCUT2D eigenvalue weighted by Crippen LogP contribution is -2.22. The summed E-state index contributed by atoms with van der Waals surface area (Å²) < 4.78 is 2.18. The number of fused-ring (bicyclic) bond motifs is 1. The van der Waals surface area contributed by atoms with Crippen LogP contribution in [0.15, 0.2) is 0 Å². The molecule has 4 heteroatoms. The molecule has 0 fully saturated rings. The molecular formula is C8H14N4. The summed E-state index contributed by atoms with van der Waals surface area (Å²) in [6.45, 7) is 3.75. The Bertz CT molecular complexity index is 279. The van der Waals surface area contributed by atoms with Gasteiger partial charge in [-0.15, -0.1) is 10.2 Å². The largest absolute Gasteiger partial charge is 0.330 e. The molecule has 66 valence electrons. The monoisotopic (exact) mass is 166 g/mol. The molecular weight excluding hydrogens is 152 g/mol. The average Bonchev–Trinajstić information content (AvgIpc) is 2.48. The topological polar surface area (TPSA) is 56.7 Å². The fourth-order valence-electron chi connectivity index (χ4n) is 1.82. The normalized spacial score (nSPS) is 22.3. The predicted molar refractivity (Wildman–Crippen MR) is 45.8 cm³/mol. The van der Waals surface area contributed by atoms with Crippen molar-refractivity contribution in [1.29, 1.82) is 0 Å². The zero-order valence-electron chi connectivity index (χ0n) is 7.32. The van der Waals surface area contributed by atoms with Gasteiger partial charge in [-0.05, 0) is 19.8 Å². The van der Waals surface area contributed by atoms with E-state index >= 15 is 0 Å². The number of rotatable bonds is 1. The van der Waals surface area contributed by atoms with Crippen LogP contribution in [-0.2, 0) is 6.54 Å². The molecule has 0 aliphatic carbocycles. The summed E-state index contributed by atoms with van der Waals surface area (Å²) in [6, 6.07) is 0. The summed E-state index contributed by atoms with van der Waals surface area (Å²) in [7, 11) is 0. The van der Waals surface area contributed by atoms with Crippen LogP contribution in [0, 0.1) is 6.92 Å². The summed E-state index contributed by atoms with van der Waals surface area (Å²) in [5.74, 6) is 2.53. The van der Waals surface area contributed by atoms with Gasteiger partial charge in [0.1, 0.15) is 11.6 Å². The van der Waals surface area contributed by atoms with Gasteiger partial charge in [-0.2, -0.15) is 0 Å². The quantitative estimate of drug-likeness (QED) is 0.658. The number of nitrogens with zero attached hydrogens (tertiary/aromatic N) is 3. The number of nitrogens with two attached hydrogens (primary N) is 1. The van der Waals surface area contributed by atoms with Gasteiger partial charge in [0.2, 0.25) is 0 Å². The van der Waals surface area contributed by atoms with Gasteiger partial charge in [0.15, 0.2) is 0 Å². The molecule has 12 heavy (non-hydrogen) atoms. The third kappa shape index (κ3) is 1.03. The molecule has 0 bridgehead atoms. The molecule has 0 amide bonds. The van der Waals surface area contributed by atoms with Crippen molar-refractivity contribution in [1.82, 2.24) is 14.8 Å². The highest BCUT2D eigenvalue weighted by atomic mass is 15.3. The van der Waals surface area contributed by atoms with Gasteiger partial charge in [-0.1, -0.05) is 0 Å². The molecule has 1 aromatic heterocycles. The highest BCUT2D eigenvalue weighted by Crippen LogP contribution is 2.24. The van der Waals surface area contributed by atoms with Gasteiger partial charge >= 0.3 is 0 Å². The molecule has 2 rings (SSSR count). The Hall–Kier alpha value is -0.900. The van der Waals surface area contributed by atoms with Gasteiger partial charge in [-0.25, -0.2) is 0 Å². The Morgan fingerprint density at radius 1 is 1.58 bits per heavy atom. The fourth-order valence-corrected chi connectivity index (χ4v) is 1.82. The zero-order chi connectivity index (χ0) is 8.55. The van der Waals surface area contributed by atoms with Gasteiger partial charge in [0, 0.05) is 19.0 Å². The van der Waals surface area contributed by atoms with Crippen LogP contribution < -0.4 is 5.73 Å². The molecule has 1 aromatic rings.